The van der Waals surface area contributed by atoms with Crippen molar-refractivity contribution in [2.24, 2.45) is 22.0 Å². The fourth-order valence-electron chi connectivity index (χ4n) is 5.29. The van der Waals surface area contributed by atoms with Gasteiger partial charge in [0.25, 0.3) is 0 Å². The Bertz CT molecular complexity index is 886. The zero-order chi connectivity index (χ0) is 24.6. The van der Waals surface area contributed by atoms with Gasteiger partial charge in [-0.2, -0.15) is 10.2 Å². The van der Waals surface area contributed by atoms with E-state index in [0.29, 0.717) is 5.92 Å². The van der Waals surface area contributed by atoms with E-state index >= 15 is 0 Å². The fraction of sp³-hybridized carbons (Fsp3) is 0.515. The van der Waals surface area contributed by atoms with Gasteiger partial charge in [-0.15, -0.1) is 6.58 Å². The number of nitrogens with zero attached hydrogens (tertiary/aromatic N) is 2. The number of unbranched alkanes of at least 4 members (excludes halogenated alkanes) is 6. The van der Waals surface area contributed by atoms with Gasteiger partial charge in [0.1, 0.15) is 0 Å². The predicted octanol–water partition coefficient (Wildman–Crippen LogP) is 9.58. The first-order valence-electron chi connectivity index (χ1n) is 14.2. The minimum Gasteiger partial charge on any atom is -0.158 e. The summed E-state index contributed by atoms with van der Waals surface area (Å²) in [5, 5.41) is 9.36. The molecule has 0 heterocycles. The molecule has 3 rings (SSSR count). The van der Waals surface area contributed by atoms with Crippen LogP contribution >= 0.6 is 0 Å². The monoisotopic (exact) mass is 470 g/mol. The van der Waals surface area contributed by atoms with Crippen LogP contribution < -0.4 is 0 Å². The first-order chi connectivity index (χ1) is 17.3. The van der Waals surface area contributed by atoms with Crippen LogP contribution in [0.2, 0.25) is 0 Å². The molecule has 0 amide bonds. The second-order valence-electron chi connectivity index (χ2n) is 10.3. The van der Waals surface area contributed by atoms with Gasteiger partial charge in [-0.25, -0.2) is 0 Å². The van der Waals surface area contributed by atoms with E-state index in [-0.39, 0.29) is 0 Å². The Balaban J connectivity index is 1.56. The van der Waals surface area contributed by atoms with Gasteiger partial charge < -0.3 is 0 Å². The van der Waals surface area contributed by atoms with Crippen LogP contribution in [-0.4, -0.2) is 11.9 Å². The Kier molecular flexibility index (Phi) is 12.6. The second kappa shape index (κ2) is 16.2. The van der Waals surface area contributed by atoms with Gasteiger partial charge >= 0.3 is 0 Å². The Labute approximate surface area is 214 Å². The van der Waals surface area contributed by atoms with Crippen LogP contribution in [0.5, 0.6) is 0 Å². The Morgan fingerprint density at radius 1 is 0.857 bits per heavy atom. The topological polar surface area (TPSA) is 24.7 Å². The second-order valence-corrected chi connectivity index (χ2v) is 10.3. The smallest absolute Gasteiger partial charge is 0.0733 e. The van der Waals surface area contributed by atoms with Crippen LogP contribution in [-0.2, 0) is 6.42 Å². The normalized spacial score (nSPS) is 18.7. The van der Waals surface area contributed by atoms with Gasteiger partial charge in [-0.3, -0.25) is 0 Å². The first-order valence-corrected chi connectivity index (χ1v) is 14.2. The average Bonchev–Trinajstić information content (AvgIpc) is 2.91. The standard InChI is InChI=1S/C33H46N2/c1-3-5-7-9-12-16-29-23-25-32(26-24-29)33(31-17-13-10-14-18-31)35-34-27-30-21-19-28(20-22-30)15-11-8-6-4-2/h4,10,13-14,17-22,27,29,32H,2-3,5-9,11-12,15-16,23-26H2,1H3. The summed E-state index contributed by atoms with van der Waals surface area (Å²) in [6, 6.07) is 19.5. The first kappa shape index (κ1) is 27.1. The molecular formula is C33H46N2. The summed E-state index contributed by atoms with van der Waals surface area (Å²) in [5.41, 5.74) is 4.90. The Hall–Kier alpha value is -2.48. The molecule has 35 heavy (non-hydrogen) atoms. The molecular weight excluding hydrogens is 424 g/mol. The van der Waals surface area contributed by atoms with Crippen LogP contribution in [0.1, 0.15) is 107 Å². The summed E-state index contributed by atoms with van der Waals surface area (Å²) >= 11 is 0. The van der Waals surface area contributed by atoms with Crippen LogP contribution in [0.25, 0.3) is 0 Å². The molecule has 2 nitrogen and oxygen atoms in total. The molecule has 188 valence electrons. The lowest BCUT2D eigenvalue weighted by Gasteiger charge is -2.29. The highest BCUT2D eigenvalue weighted by Crippen LogP contribution is 2.34. The lowest BCUT2D eigenvalue weighted by atomic mass is 9.76. The molecule has 0 bridgehead atoms. The molecule has 1 saturated carbocycles. The van der Waals surface area contributed by atoms with E-state index in [2.05, 4.69) is 73.2 Å². The lowest BCUT2D eigenvalue weighted by Crippen LogP contribution is -2.22. The quantitative estimate of drug-likeness (QED) is 0.107. The van der Waals surface area contributed by atoms with Crippen molar-refractivity contribution in [3.8, 4) is 0 Å². The van der Waals surface area contributed by atoms with E-state index in [0.717, 1.165) is 24.3 Å². The fourth-order valence-corrected chi connectivity index (χ4v) is 5.29. The highest BCUT2D eigenvalue weighted by molar-refractivity contribution is 6.02. The SMILES string of the molecule is C=CCCCCc1ccc(C=NN=C(c2ccccc2)C2CCC(CCCCCCC)CC2)cc1. The third-order valence-corrected chi connectivity index (χ3v) is 7.49. The Morgan fingerprint density at radius 3 is 2.31 bits per heavy atom. The molecule has 1 aliphatic rings. The molecule has 0 radical (unpaired) electrons. The number of rotatable bonds is 15. The van der Waals surface area contributed by atoms with Crippen LogP contribution in [0.3, 0.4) is 0 Å². The lowest BCUT2D eigenvalue weighted by molar-refractivity contribution is 0.298. The number of hydrogen-bond acceptors (Lipinski definition) is 2. The number of hydrogen-bond donors (Lipinski definition) is 0. The highest BCUT2D eigenvalue weighted by atomic mass is 15.2. The molecule has 0 spiro atoms. The minimum atomic E-state index is 0.517. The van der Waals surface area contributed by atoms with Gasteiger partial charge in [0.2, 0.25) is 0 Å². The Morgan fingerprint density at radius 2 is 1.60 bits per heavy atom. The molecule has 2 aromatic carbocycles. The molecule has 0 unspecified atom stereocenters. The molecule has 0 N–H and O–H groups in total. The summed E-state index contributed by atoms with van der Waals surface area (Å²) < 4.78 is 0. The zero-order valence-corrected chi connectivity index (χ0v) is 22.0. The van der Waals surface area contributed by atoms with Gasteiger partial charge in [0, 0.05) is 5.92 Å². The molecule has 0 aromatic heterocycles. The molecule has 1 aliphatic carbocycles. The minimum absolute atomic E-state index is 0.517. The number of benzene rings is 2. The summed E-state index contributed by atoms with van der Waals surface area (Å²) in [6.45, 7) is 6.10. The van der Waals surface area contributed by atoms with E-state index < -0.39 is 0 Å². The van der Waals surface area contributed by atoms with E-state index in [1.54, 1.807) is 0 Å². The predicted molar refractivity (Wildman–Crippen MR) is 154 cm³/mol. The van der Waals surface area contributed by atoms with Crippen molar-refractivity contribution in [3.05, 3.63) is 83.9 Å². The zero-order valence-electron chi connectivity index (χ0n) is 22.0. The van der Waals surface area contributed by atoms with Gasteiger partial charge in [-0.1, -0.05) is 106 Å². The van der Waals surface area contributed by atoms with E-state index in [9.17, 15) is 0 Å². The van der Waals surface area contributed by atoms with Crippen LogP contribution in [0.4, 0.5) is 0 Å². The third-order valence-electron chi connectivity index (χ3n) is 7.49. The van der Waals surface area contributed by atoms with Crippen molar-refractivity contribution in [1.82, 2.24) is 0 Å². The maximum Gasteiger partial charge on any atom is 0.0733 e. The molecule has 1 fully saturated rings. The number of aryl methyl sites for hydroxylation is 1. The molecule has 2 heteroatoms. The summed E-state index contributed by atoms with van der Waals surface area (Å²) in [6.07, 6.45) is 22.1. The van der Waals surface area contributed by atoms with E-state index in [1.807, 2.05) is 12.3 Å². The van der Waals surface area contributed by atoms with Crippen molar-refractivity contribution >= 4 is 11.9 Å². The summed E-state index contributed by atoms with van der Waals surface area (Å²) in [7, 11) is 0. The maximum absolute atomic E-state index is 4.80. The van der Waals surface area contributed by atoms with Crippen LogP contribution in [0, 0.1) is 11.8 Å². The average molecular weight is 471 g/mol. The summed E-state index contributed by atoms with van der Waals surface area (Å²) in [5.74, 6) is 1.42. The molecule has 2 aromatic rings. The van der Waals surface area contributed by atoms with Crippen LogP contribution in [0.15, 0.2) is 77.5 Å². The van der Waals surface area contributed by atoms with Crippen molar-refractivity contribution in [2.45, 2.75) is 96.8 Å². The third kappa shape index (κ3) is 9.96. The highest BCUT2D eigenvalue weighted by Gasteiger charge is 2.25. The van der Waals surface area contributed by atoms with Gasteiger partial charge in [0.15, 0.2) is 0 Å². The van der Waals surface area contributed by atoms with Crippen molar-refractivity contribution in [2.75, 3.05) is 0 Å². The van der Waals surface area contributed by atoms with Crippen molar-refractivity contribution in [3.63, 3.8) is 0 Å². The molecule has 0 aliphatic heterocycles. The maximum atomic E-state index is 4.80. The van der Waals surface area contributed by atoms with Gasteiger partial charge in [0.05, 0.1) is 11.9 Å². The molecule has 0 atom stereocenters. The number of allylic oxidation sites excluding steroid dienone is 1. The summed E-state index contributed by atoms with van der Waals surface area (Å²) in [4.78, 5) is 0. The largest absolute Gasteiger partial charge is 0.158 e. The molecule has 0 saturated heterocycles. The van der Waals surface area contributed by atoms with Crippen molar-refractivity contribution in [1.29, 1.82) is 0 Å². The van der Waals surface area contributed by atoms with E-state index in [4.69, 9.17) is 5.10 Å². The van der Waals surface area contributed by atoms with Crippen molar-refractivity contribution < 1.29 is 0 Å². The van der Waals surface area contributed by atoms with E-state index in [1.165, 1.54) is 93.9 Å². The van der Waals surface area contributed by atoms with Gasteiger partial charge in [-0.05, 0) is 74.0 Å².